The minimum Gasteiger partial charge on any atom is -0.378 e. The standard InChI is InChI=1S/C28H32N10O2/c1-37-14-20(12-30-37)31-28-29-9-7-23(33-28)18-5-6-22-19(11-18)13-38(21-15-40-16-21)10-8-24(22)32-27(39)26-25(34-36-35-26)17-3-2-4-17/h5-7,9,11-12,14,17,21,24H,2-4,8,10,13,15-16H2,1H3,(H,32,39)(H,29,31,33)(H,34,35,36). The third-order valence-electron chi connectivity index (χ3n) is 8.23. The van der Waals surface area contributed by atoms with Gasteiger partial charge in [-0.25, -0.2) is 9.97 Å². The zero-order valence-electron chi connectivity index (χ0n) is 22.4. The van der Waals surface area contributed by atoms with Gasteiger partial charge in [0, 0.05) is 44.0 Å². The maximum absolute atomic E-state index is 13.4. The number of aryl methyl sites for hydroxylation is 1. The molecule has 1 aliphatic carbocycles. The van der Waals surface area contributed by atoms with Crippen LogP contribution in [0.3, 0.4) is 0 Å². The van der Waals surface area contributed by atoms with Crippen LogP contribution in [0.1, 0.15) is 65.0 Å². The van der Waals surface area contributed by atoms with Crippen molar-refractivity contribution < 1.29 is 9.53 Å². The zero-order valence-corrected chi connectivity index (χ0v) is 22.4. The lowest BCUT2D eigenvalue weighted by atomic mass is 9.82. The number of carbonyl (C=O) groups excluding carboxylic acids is 1. The van der Waals surface area contributed by atoms with Gasteiger partial charge in [-0.1, -0.05) is 18.6 Å². The highest BCUT2D eigenvalue weighted by molar-refractivity contribution is 5.93. The first-order valence-corrected chi connectivity index (χ1v) is 13.9. The Balaban J connectivity index is 1.17. The van der Waals surface area contributed by atoms with Gasteiger partial charge in [-0.3, -0.25) is 14.4 Å². The van der Waals surface area contributed by atoms with Crippen molar-refractivity contribution in [2.75, 3.05) is 25.1 Å². The van der Waals surface area contributed by atoms with E-state index >= 15 is 0 Å². The molecular formula is C28H32N10O2. The minimum absolute atomic E-state index is 0.137. The van der Waals surface area contributed by atoms with Crippen molar-refractivity contribution >= 4 is 17.5 Å². The Bertz CT molecular complexity index is 1520. The summed E-state index contributed by atoms with van der Waals surface area (Å²) in [6, 6.07) is 8.56. The summed E-state index contributed by atoms with van der Waals surface area (Å²) >= 11 is 0. The van der Waals surface area contributed by atoms with Crippen molar-refractivity contribution in [2.45, 2.75) is 50.2 Å². The molecule has 2 aliphatic heterocycles. The fraction of sp³-hybridized carbons (Fsp3) is 0.429. The molecule has 0 bridgehead atoms. The summed E-state index contributed by atoms with van der Waals surface area (Å²) in [6.45, 7) is 3.13. The largest absolute Gasteiger partial charge is 0.378 e. The van der Waals surface area contributed by atoms with E-state index in [2.05, 4.69) is 59.2 Å². The van der Waals surface area contributed by atoms with Gasteiger partial charge in [0.25, 0.3) is 5.91 Å². The molecule has 1 aromatic carbocycles. The monoisotopic (exact) mass is 540 g/mol. The highest BCUT2D eigenvalue weighted by atomic mass is 16.5. The second kappa shape index (κ2) is 10.4. The van der Waals surface area contributed by atoms with Crippen LogP contribution in [0.15, 0.2) is 42.9 Å². The van der Waals surface area contributed by atoms with Gasteiger partial charge in [-0.05, 0) is 42.5 Å². The summed E-state index contributed by atoms with van der Waals surface area (Å²) in [5.41, 5.74) is 6.15. The summed E-state index contributed by atoms with van der Waals surface area (Å²) < 4.78 is 7.23. The van der Waals surface area contributed by atoms with Crippen molar-refractivity contribution in [2.24, 2.45) is 7.05 Å². The topological polar surface area (TPSA) is 139 Å². The third-order valence-corrected chi connectivity index (χ3v) is 8.23. The molecule has 1 amide bonds. The fourth-order valence-corrected chi connectivity index (χ4v) is 5.68. The molecule has 3 aliphatic rings. The van der Waals surface area contributed by atoms with Crippen LogP contribution in [0.5, 0.6) is 0 Å². The van der Waals surface area contributed by atoms with Gasteiger partial charge in [0.1, 0.15) is 0 Å². The number of nitrogens with one attached hydrogen (secondary N) is 3. The number of anilines is 2. The molecule has 1 unspecified atom stereocenters. The smallest absolute Gasteiger partial charge is 0.274 e. The highest BCUT2D eigenvalue weighted by Gasteiger charge is 2.33. The molecule has 0 spiro atoms. The van der Waals surface area contributed by atoms with E-state index in [-0.39, 0.29) is 11.9 Å². The number of ether oxygens (including phenoxy) is 1. The summed E-state index contributed by atoms with van der Waals surface area (Å²) in [5.74, 6) is 0.662. The average Bonchev–Trinajstić information content (AvgIpc) is 3.49. The summed E-state index contributed by atoms with van der Waals surface area (Å²) in [5, 5.41) is 21.9. The molecule has 1 saturated carbocycles. The number of H-pyrrole nitrogens is 1. The van der Waals surface area contributed by atoms with Gasteiger partial charge >= 0.3 is 0 Å². The minimum atomic E-state index is -0.168. The van der Waals surface area contributed by atoms with E-state index in [1.807, 2.05) is 19.3 Å². The molecule has 2 fully saturated rings. The second-order valence-corrected chi connectivity index (χ2v) is 10.9. The number of hydrogen-bond acceptors (Lipinski definition) is 9. The number of carbonyl (C=O) groups is 1. The van der Waals surface area contributed by atoms with Gasteiger partial charge in [0.2, 0.25) is 5.95 Å². The molecule has 12 heteroatoms. The molecule has 0 radical (unpaired) electrons. The summed E-state index contributed by atoms with van der Waals surface area (Å²) in [6.07, 6.45) is 9.46. The summed E-state index contributed by atoms with van der Waals surface area (Å²) in [4.78, 5) is 25.0. The Labute approximate surface area is 231 Å². The van der Waals surface area contributed by atoms with Crippen LogP contribution in [0, 0.1) is 0 Å². The predicted molar refractivity (Wildman–Crippen MR) is 147 cm³/mol. The molecule has 12 nitrogen and oxygen atoms in total. The molecule has 7 rings (SSSR count). The lowest BCUT2D eigenvalue weighted by molar-refractivity contribution is -0.0678. The number of nitrogens with zero attached hydrogens (tertiary/aromatic N) is 7. The number of rotatable bonds is 7. The molecule has 4 aromatic rings. The van der Waals surface area contributed by atoms with E-state index in [0.29, 0.717) is 23.6 Å². The van der Waals surface area contributed by atoms with E-state index in [4.69, 9.17) is 9.72 Å². The SMILES string of the molecule is Cn1cc(Nc2nccc(-c3ccc4c(c3)CN(C3COC3)CCC4NC(=O)c3n[nH]nc3C3CCC3)n2)cn1. The second-order valence-electron chi connectivity index (χ2n) is 10.9. The van der Waals surface area contributed by atoms with Crippen LogP contribution in [-0.2, 0) is 18.3 Å². The zero-order chi connectivity index (χ0) is 27.1. The van der Waals surface area contributed by atoms with E-state index < -0.39 is 0 Å². The number of hydrogen-bond donors (Lipinski definition) is 3. The number of fused-ring (bicyclic) bond motifs is 1. The molecule has 3 N–H and O–H groups in total. The Morgan fingerprint density at radius 1 is 1.15 bits per heavy atom. The van der Waals surface area contributed by atoms with Gasteiger partial charge in [-0.15, -0.1) is 0 Å². The van der Waals surface area contributed by atoms with E-state index in [1.54, 1.807) is 17.1 Å². The molecule has 3 aromatic heterocycles. The first-order valence-electron chi connectivity index (χ1n) is 13.9. The normalized spacial score (nSPS) is 19.8. The first kappa shape index (κ1) is 24.9. The lowest BCUT2D eigenvalue weighted by Crippen LogP contribution is -2.48. The maximum atomic E-state index is 13.4. The fourth-order valence-electron chi connectivity index (χ4n) is 5.68. The molecule has 5 heterocycles. The van der Waals surface area contributed by atoms with Gasteiger partial charge in [-0.2, -0.15) is 20.5 Å². The van der Waals surface area contributed by atoms with Crippen LogP contribution >= 0.6 is 0 Å². The molecule has 206 valence electrons. The van der Waals surface area contributed by atoms with Crippen LogP contribution in [0.2, 0.25) is 0 Å². The van der Waals surface area contributed by atoms with E-state index in [1.165, 1.54) is 12.0 Å². The Hall–Kier alpha value is -4.16. The van der Waals surface area contributed by atoms with E-state index in [0.717, 1.165) is 73.8 Å². The van der Waals surface area contributed by atoms with Crippen molar-refractivity contribution in [3.63, 3.8) is 0 Å². The van der Waals surface area contributed by atoms with Crippen LogP contribution < -0.4 is 10.6 Å². The predicted octanol–water partition coefficient (Wildman–Crippen LogP) is 3.08. The van der Waals surface area contributed by atoms with Gasteiger partial charge in [0.05, 0.1) is 48.6 Å². The van der Waals surface area contributed by atoms with Crippen molar-refractivity contribution in [3.05, 3.63) is 65.4 Å². The molecule has 40 heavy (non-hydrogen) atoms. The number of aromatic nitrogens is 7. The maximum Gasteiger partial charge on any atom is 0.274 e. The van der Waals surface area contributed by atoms with Crippen molar-refractivity contribution in [1.29, 1.82) is 0 Å². The van der Waals surface area contributed by atoms with Crippen molar-refractivity contribution in [3.8, 4) is 11.3 Å². The van der Waals surface area contributed by atoms with Crippen LogP contribution in [-0.4, -0.2) is 71.8 Å². The highest BCUT2D eigenvalue weighted by Crippen LogP contribution is 2.37. The third kappa shape index (κ3) is 4.84. The molecular weight excluding hydrogens is 508 g/mol. The van der Waals surface area contributed by atoms with Gasteiger partial charge < -0.3 is 15.4 Å². The van der Waals surface area contributed by atoms with E-state index in [9.17, 15) is 4.79 Å². The van der Waals surface area contributed by atoms with Crippen molar-refractivity contribution in [1.82, 2.24) is 45.4 Å². The van der Waals surface area contributed by atoms with Crippen LogP contribution in [0.25, 0.3) is 11.3 Å². The number of amides is 1. The number of aromatic amines is 1. The average molecular weight is 541 g/mol. The molecule has 1 atom stereocenters. The van der Waals surface area contributed by atoms with Gasteiger partial charge in [0.15, 0.2) is 5.69 Å². The first-order chi connectivity index (χ1) is 19.6. The molecule has 1 saturated heterocycles. The lowest BCUT2D eigenvalue weighted by Gasteiger charge is -2.36. The Morgan fingerprint density at radius 3 is 2.80 bits per heavy atom. The van der Waals surface area contributed by atoms with Crippen LogP contribution in [0.4, 0.5) is 11.6 Å². The Morgan fingerprint density at radius 2 is 2.05 bits per heavy atom. The number of benzene rings is 1. The summed E-state index contributed by atoms with van der Waals surface area (Å²) in [7, 11) is 1.87. The Kier molecular flexibility index (Phi) is 6.48. The quantitative estimate of drug-likeness (QED) is 0.323.